The lowest BCUT2D eigenvalue weighted by atomic mass is 10.3. The van der Waals surface area contributed by atoms with Crippen LogP contribution in [-0.4, -0.2) is 27.1 Å². The third-order valence-electron chi connectivity index (χ3n) is 2.49. The standard InChI is InChI=1S/C10H17N3S/c1-8(2)13-5-4-11-10(13)12-9-3-6-14-7-9/h4-5,8-9H,3,6-7H2,1-2H3,(H,11,12). The predicted molar refractivity (Wildman–Crippen MR) is 62.0 cm³/mol. The van der Waals surface area contributed by atoms with Crippen LogP contribution in [0.5, 0.6) is 0 Å². The molecule has 4 heteroatoms. The van der Waals surface area contributed by atoms with Gasteiger partial charge in [-0.15, -0.1) is 0 Å². The smallest absolute Gasteiger partial charge is 0.203 e. The maximum absolute atomic E-state index is 4.34. The van der Waals surface area contributed by atoms with Gasteiger partial charge in [0.15, 0.2) is 0 Å². The number of rotatable bonds is 3. The van der Waals surface area contributed by atoms with Crippen LogP contribution in [0.4, 0.5) is 5.95 Å². The number of imidazole rings is 1. The minimum atomic E-state index is 0.481. The van der Waals surface area contributed by atoms with Gasteiger partial charge in [0.05, 0.1) is 0 Å². The molecule has 1 aliphatic heterocycles. The molecule has 1 aliphatic rings. The molecule has 1 unspecified atom stereocenters. The quantitative estimate of drug-likeness (QED) is 0.832. The minimum Gasteiger partial charge on any atom is -0.352 e. The van der Waals surface area contributed by atoms with Crippen molar-refractivity contribution in [3.05, 3.63) is 12.4 Å². The predicted octanol–water partition coefficient (Wildman–Crippen LogP) is 2.38. The molecule has 1 aromatic heterocycles. The molecule has 3 nitrogen and oxygen atoms in total. The second kappa shape index (κ2) is 4.26. The van der Waals surface area contributed by atoms with Crippen LogP contribution in [0.3, 0.4) is 0 Å². The Labute approximate surface area is 89.3 Å². The van der Waals surface area contributed by atoms with Crippen molar-refractivity contribution in [1.29, 1.82) is 0 Å². The van der Waals surface area contributed by atoms with Crippen molar-refractivity contribution in [3.63, 3.8) is 0 Å². The zero-order valence-corrected chi connectivity index (χ0v) is 9.55. The van der Waals surface area contributed by atoms with E-state index in [4.69, 9.17) is 0 Å². The van der Waals surface area contributed by atoms with Crippen molar-refractivity contribution in [2.24, 2.45) is 0 Å². The summed E-state index contributed by atoms with van der Waals surface area (Å²) in [5.41, 5.74) is 0. The number of hydrogen-bond acceptors (Lipinski definition) is 3. The molecule has 0 radical (unpaired) electrons. The van der Waals surface area contributed by atoms with Gasteiger partial charge in [-0.3, -0.25) is 0 Å². The van der Waals surface area contributed by atoms with E-state index in [1.807, 2.05) is 24.2 Å². The van der Waals surface area contributed by atoms with Crippen LogP contribution in [0.1, 0.15) is 26.3 Å². The Balaban J connectivity index is 2.04. The number of nitrogens with zero attached hydrogens (tertiary/aromatic N) is 2. The lowest BCUT2D eigenvalue weighted by molar-refractivity contribution is 0.599. The molecule has 0 spiro atoms. The average Bonchev–Trinajstić information content (AvgIpc) is 2.75. The van der Waals surface area contributed by atoms with Gasteiger partial charge in [0.2, 0.25) is 5.95 Å². The van der Waals surface area contributed by atoms with E-state index in [9.17, 15) is 0 Å². The number of anilines is 1. The monoisotopic (exact) mass is 211 g/mol. The van der Waals surface area contributed by atoms with E-state index >= 15 is 0 Å². The number of thioether (sulfide) groups is 1. The van der Waals surface area contributed by atoms with Gasteiger partial charge in [-0.05, 0) is 26.0 Å². The summed E-state index contributed by atoms with van der Waals surface area (Å²) >= 11 is 2.02. The molecule has 2 heterocycles. The first-order valence-corrected chi connectivity index (χ1v) is 6.30. The molecule has 2 rings (SSSR count). The highest BCUT2D eigenvalue weighted by atomic mass is 32.2. The van der Waals surface area contributed by atoms with Gasteiger partial charge in [0.25, 0.3) is 0 Å². The highest BCUT2D eigenvalue weighted by Gasteiger charge is 2.17. The molecular weight excluding hydrogens is 194 g/mol. The molecule has 0 bridgehead atoms. The summed E-state index contributed by atoms with van der Waals surface area (Å²) in [5.74, 6) is 3.51. The van der Waals surface area contributed by atoms with Crippen LogP contribution in [0, 0.1) is 0 Å². The molecule has 78 valence electrons. The van der Waals surface area contributed by atoms with Gasteiger partial charge in [-0.2, -0.15) is 11.8 Å². The van der Waals surface area contributed by atoms with Gasteiger partial charge < -0.3 is 9.88 Å². The first-order chi connectivity index (χ1) is 6.77. The SMILES string of the molecule is CC(C)n1ccnc1NC1CCSC1. The molecule has 0 saturated carbocycles. The summed E-state index contributed by atoms with van der Waals surface area (Å²) in [5, 5.41) is 3.50. The van der Waals surface area contributed by atoms with E-state index < -0.39 is 0 Å². The Kier molecular flexibility index (Phi) is 3.01. The third-order valence-corrected chi connectivity index (χ3v) is 3.65. The molecule has 0 amide bonds. The second-order valence-corrected chi connectivity index (χ2v) is 5.11. The van der Waals surface area contributed by atoms with Crippen molar-refractivity contribution in [3.8, 4) is 0 Å². The van der Waals surface area contributed by atoms with Crippen LogP contribution in [-0.2, 0) is 0 Å². The van der Waals surface area contributed by atoms with Gasteiger partial charge in [0, 0.05) is 30.2 Å². The van der Waals surface area contributed by atoms with E-state index in [2.05, 4.69) is 28.7 Å². The van der Waals surface area contributed by atoms with Crippen LogP contribution in [0.15, 0.2) is 12.4 Å². The van der Waals surface area contributed by atoms with Crippen LogP contribution < -0.4 is 5.32 Å². The van der Waals surface area contributed by atoms with Crippen LogP contribution in [0.25, 0.3) is 0 Å². The zero-order chi connectivity index (χ0) is 9.97. The topological polar surface area (TPSA) is 29.9 Å². The Bertz CT molecular complexity index is 289. The fraction of sp³-hybridized carbons (Fsp3) is 0.700. The van der Waals surface area contributed by atoms with Crippen LogP contribution in [0.2, 0.25) is 0 Å². The molecule has 0 aromatic carbocycles. The summed E-state index contributed by atoms with van der Waals surface area (Å²) < 4.78 is 2.18. The molecule has 1 aromatic rings. The fourth-order valence-electron chi connectivity index (χ4n) is 1.67. The van der Waals surface area contributed by atoms with Gasteiger partial charge in [0.1, 0.15) is 0 Å². The maximum Gasteiger partial charge on any atom is 0.203 e. The van der Waals surface area contributed by atoms with E-state index in [1.165, 1.54) is 17.9 Å². The van der Waals surface area contributed by atoms with Crippen molar-refractivity contribution in [2.75, 3.05) is 16.8 Å². The normalized spacial score (nSPS) is 21.8. The summed E-state index contributed by atoms with van der Waals surface area (Å²) in [6.07, 6.45) is 5.16. The average molecular weight is 211 g/mol. The number of aromatic nitrogens is 2. The number of nitrogens with one attached hydrogen (secondary N) is 1. The lowest BCUT2D eigenvalue weighted by Crippen LogP contribution is -2.21. The van der Waals surface area contributed by atoms with Crippen molar-refractivity contribution < 1.29 is 0 Å². The Morgan fingerprint density at radius 3 is 3.14 bits per heavy atom. The van der Waals surface area contributed by atoms with E-state index in [-0.39, 0.29) is 0 Å². The maximum atomic E-state index is 4.34. The zero-order valence-electron chi connectivity index (χ0n) is 8.73. The largest absolute Gasteiger partial charge is 0.352 e. The summed E-state index contributed by atoms with van der Waals surface area (Å²) in [7, 11) is 0. The summed E-state index contributed by atoms with van der Waals surface area (Å²) in [6.45, 7) is 4.35. The highest BCUT2D eigenvalue weighted by molar-refractivity contribution is 7.99. The highest BCUT2D eigenvalue weighted by Crippen LogP contribution is 2.21. The summed E-state index contributed by atoms with van der Waals surface area (Å²) in [4.78, 5) is 4.34. The van der Waals surface area contributed by atoms with Gasteiger partial charge in [-0.1, -0.05) is 0 Å². The van der Waals surface area contributed by atoms with E-state index in [1.54, 1.807) is 0 Å². The van der Waals surface area contributed by atoms with Crippen molar-refractivity contribution in [2.45, 2.75) is 32.4 Å². The number of hydrogen-bond donors (Lipinski definition) is 1. The molecule has 1 N–H and O–H groups in total. The molecule has 0 aliphatic carbocycles. The third kappa shape index (κ3) is 2.05. The summed E-state index contributed by atoms with van der Waals surface area (Å²) in [6, 6.07) is 1.09. The van der Waals surface area contributed by atoms with E-state index in [0.29, 0.717) is 12.1 Å². The molecular formula is C10H17N3S. The molecule has 1 atom stereocenters. The van der Waals surface area contributed by atoms with Gasteiger partial charge in [-0.25, -0.2) is 4.98 Å². The Morgan fingerprint density at radius 2 is 2.50 bits per heavy atom. The lowest BCUT2D eigenvalue weighted by Gasteiger charge is -2.16. The molecule has 1 saturated heterocycles. The van der Waals surface area contributed by atoms with Crippen molar-refractivity contribution >= 4 is 17.7 Å². The first-order valence-electron chi connectivity index (χ1n) is 5.14. The Morgan fingerprint density at radius 1 is 1.64 bits per heavy atom. The second-order valence-electron chi connectivity index (χ2n) is 3.96. The minimum absolute atomic E-state index is 0.481. The van der Waals surface area contributed by atoms with E-state index in [0.717, 1.165) is 5.95 Å². The molecule has 1 fully saturated rings. The van der Waals surface area contributed by atoms with Crippen LogP contribution >= 0.6 is 11.8 Å². The van der Waals surface area contributed by atoms with Gasteiger partial charge >= 0.3 is 0 Å². The molecule has 14 heavy (non-hydrogen) atoms. The first kappa shape index (κ1) is 9.90. The van der Waals surface area contributed by atoms with Crippen molar-refractivity contribution in [1.82, 2.24) is 9.55 Å². The fourth-order valence-corrected chi connectivity index (χ4v) is 2.82. The Hall–Kier alpha value is -0.640.